The zero-order valence-electron chi connectivity index (χ0n) is 11.0. The van der Waals surface area contributed by atoms with Gasteiger partial charge < -0.3 is 15.2 Å². The van der Waals surface area contributed by atoms with Crippen LogP contribution in [0.5, 0.6) is 11.5 Å². The lowest BCUT2D eigenvalue weighted by molar-refractivity contribution is -0.114. The second kappa shape index (κ2) is 7.07. The largest absolute Gasteiger partial charge is 0.490 e. The maximum Gasteiger partial charge on any atom is 0.259 e. The predicted octanol–water partition coefficient (Wildman–Crippen LogP) is 1.88. The molecule has 0 aliphatic rings. The van der Waals surface area contributed by atoms with E-state index in [1.165, 1.54) is 6.08 Å². The van der Waals surface area contributed by atoms with Gasteiger partial charge in [0.1, 0.15) is 11.6 Å². The van der Waals surface area contributed by atoms with Crippen LogP contribution >= 0.6 is 0 Å². The fourth-order valence-electron chi connectivity index (χ4n) is 1.48. The van der Waals surface area contributed by atoms with Gasteiger partial charge in [0, 0.05) is 0 Å². The van der Waals surface area contributed by atoms with E-state index in [1.54, 1.807) is 24.3 Å². The molecule has 1 aromatic carbocycles. The quantitative estimate of drug-likeness (QED) is 0.625. The Morgan fingerprint density at radius 3 is 2.47 bits per heavy atom. The Morgan fingerprint density at radius 1 is 1.32 bits per heavy atom. The third-order valence-corrected chi connectivity index (χ3v) is 2.26. The molecule has 2 N–H and O–H groups in total. The number of hydrogen-bond acceptors (Lipinski definition) is 4. The first-order chi connectivity index (χ1) is 9.12. The normalized spacial score (nSPS) is 10.7. The van der Waals surface area contributed by atoms with Crippen molar-refractivity contribution < 1.29 is 14.3 Å². The lowest BCUT2D eigenvalue weighted by atomic mass is 10.1. The summed E-state index contributed by atoms with van der Waals surface area (Å²) >= 11 is 0. The van der Waals surface area contributed by atoms with Crippen LogP contribution in [0.4, 0.5) is 0 Å². The van der Waals surface area contributed by atoms with Gasteiger partial charge in [0.15, 0.2) is 11.5 Å². The Kier molecular flexibility index (Phi) is 5.42. The van der Waals surface area contributed by atoms with Crippen molar-refractivity contribution in [3.05, 3.63) is 29.3 Å². The van der Waals surface area contributed by atoms with E-state index in [2.05, 4.69) is 0 Å². The highest BCUT2D eigenvalue weighted by molar-refractivity contribution is 6.00. The molecule has 0 saturated heterocycles. The topological polar surface area (TPSA) is 85.3 Å². The van der Waals surface area contributed by atoms with Gasteiger partial charge in [-0.3, -0.25) is 4.79 Å². The molecular formula is C14H16N2O3. The fraction of sp³-hybridized carbons (Fsp3) is 0.286. The average Bonchev–Trinajstić information content (AvgIpc) is 2.39. The molecule has 0 aliphatic heterocycles. The monoisotopic (exact) mass is 260 g/mol. The molecule has 0 radical (unpaired) electrons. The minimum Gasteiger partial charge on any atom is -0.490 e. The van der Waals surface area contributed by atoms with Crippen molar-refractivity contribution in [2.75, 3.05) is 13.2 Å². The molecule has 0 spiro atoms. The molecule has 0 aromatic heterocycles. The van der Waals surface area contributed by atoms with Crippen LogP contribution in [0, 0.1) is 11.3 Å². The Balaban J connectivity index is 3.14. The van der Waals surface area contributed by atoms with Crippen molar-refractivity contribution in [3.8, 4) is 17.6 Å². The van der Waals surface area contributed by atoms with Gasteiger partial charge in [-0.25, -0.2) is 0 Å². The molecule has 5 nitrogen and oxygen atoms in total. The van der Waals surface area contributed by atoms with E-state index < -0.39 is 5.91 Å². The molecule has 0 saturated carbocycles. The molecule has 0 aliphatic carbocycles. The van der Waals surface area contributed by atoms with Crippen molar-refractivity contribution in [2.45, 2.75) is 13.8 Å². The second-order valence-corrected chi connectivity index (χ2v) is 3.61. The maximum atomic E-state index is 11.0. The summed E-state index contributed by atoms with van der Waals surface area (Å²) in [6.07, 6.45) is 1.42. The van der Waals surface area contributed by atoms with Crippen LogP contribution in [-0.4, -0.2) is 19.1 Å². The van der Waals surface area contributed by atoms with Crippen molar-refractivity contribution in [1.29, 1.82) is 5.26 Å². The van der Waals surface area contributed by atoms with E-state index in [4.69, 9.17) is 20.5 Å². The molecule has 0 unspecified atom stereocenters. The number of ether oxygens (including phenoxy) is 2. The number of benzene rings is 1. The summed E-state index contributed by atoms with van der Waals surface area (Å²) in [5, 5.41) is 8.79. The van der Waals surface area contributed by atoms with Gasteiger partial charge in [-0.15, -0.1) is 0 Å². The van der Waals surface area contributed by atoms with Crippen LogP contribution in [0.15, 0.2) is 23.8 Å². The van der Waals surface area contributed by atoms with Gasteiger partial charge in [-0.05, 0) is 37.6 Å². The predicted molar refractivity (Wildman–Crippen MR) is 71.6 cm³/mol. The lowest BCUT2D eigenvalue weighted by Gasteiger charge is -2.11. The number of carbonyl (C=O) groups excluding carboxylic acids is 1. The summed E-state index contributed by atoms with van der Waals surface area (Å²) < 4.78 is 10.9. The molecule has 100 valence electrons. The van der Waals surface area contributed by atoms with E-state index in [1.807, 2.05) is 13.8 Å². The van der Waals surface area contributed by atoms with Gasteiger partial charge in [0.25, 0.3) is 5.91 Å². The van der Waals surface area contributed by atoms with E-state index in [0.29, 0.717) is 30.3 Å². The number of rotatable bonds is 6. The number of hydrogen-bond donors (Lipinski definition) is 1. The molecular weight excluding hydrogens is 244 g/mol. The van der Waals surface area contributed by atoms with Crippen LogP contribution in [0.3, 0.4) is 0 Å². The van der Waals surface area contributed by atoms with E-state index >= 15 is 0 Å². The van der Waals surface area contributed by atoms with Crippen LogP contribution in [-0.2, 0) is 4.79 Å². The molecule has 0 fully saturated rings. The molecule has 0 bridgehead atoms. The lowest BCUT2D eigenvalue weighted by Crippen LogP contribution is -2.12. The van der Waals surface area contributed by atoms with E-state index in [-0.39, 0.29) is 5.57 Å². The summed E-state index contributed by atoms with van der Waals surface area (Å²) in [6.45, 7) is 4.76. The molecule has 1 rings (SSSR count). The van der Waals surface area contributed by atoms with Gasteiger partial charge in [0.2, 0.25) is 0 Å². The highest BCUT2D eigenvalue weighted by atomic mass is 16.5. The van der Waals surface area contributed by atoms with Gasteiger partial charge in [-0.1, -0.05) is 6.07 Å². The first kappa shape index (κ1) is 14.6. The minimum absolute atomic E-state index is 0.105. The third kappa shape index (κ3) is 4.03. The van der Waals surface area contributed by atoms with Crippen LogP contribution in [0.2, 0.25) is 0 Å². The number of amides is 1. The Bertz CT molecular complexity index is 530. The first-order valence-corrected chi connectivity index (χ1v) is 5.93. The number of nitrogens with zero attached hydrogens (tertiary/aromatic N) is 1. The van der Waals surface area contributed by atoms with Crippen LogP contribution < -0.4 is 15.2 Å². The van der Waals surface area contributed by atoms with Crippen molar-refractivity contribution in [1.82, 2.24) is 0 Å². The molecule has 5 heteroatoms. The molecule has 1 amide bonds. The SMILES string of the molecule is CCOc1ccc(/C=C(/C#N)C(N)=O)cc1OCC. The Morgan fingerprint density at radius 2 is 1.95 bits per heavy atom. The number of carbonyl (C=O) groups is 1. The van der Waals surface area contributed by atoms with Crippen molar-refractivity contribution in [2.24, 2.45) is 5.73 Å². The Hall–Kier alpha value is -2.48. The van der Waals surface area contributed by atoms with Gasteiger partial charge >= 0.3 is 0 Å². The average molecular weight is 260 g/mol. The van der Waals surface area contributed by atoms with Crippen LogP contribution in [0.1, 0.15) is 19.4 Å². The number of nitrogens with two attached hydrogens (primary N) is 1. The zero-order valence-corrected chi connectivity index (χ0v) is 11.0. The highest BCUT2D eigenvalue weighted by Crippen LogP contribution is 2.29. The highest BCUT2D eigenvalue weighted by Gasteiger charge is 2.07. The maximum absolute atomic E-state index is 11.0. The summed E-state index contributed by atoms with van der Waals surface area (Å²) in [7, 11) is 0. The first-order valence-electron chi connectivity index (χ1n) is 5.93. The van der Waals surface area contributed by atoms with Crippen molar-refractivity contribution in [3.63, 3.8) is 0 Å². The summed E-state index contributed by atoms with van der Waals surface area (Å²) in [5.74, 6) is 0.438. The van der Waals surface area contributed by atoms with Gasteiger partial charge in [0.05, 0.1) is 13.2 Å². The molecule has 0 atom stereocenters. The van der Waals surface area contributed by atoms with E-state index in [0.717, 1.165) is 0 Å². The summed E-state index contributed by atoms with van der Waals surface area (Å²) in [6, 6.07) is 6.92. The standard InChI is InChI=1S/C14H16N2O3/c1-3-18-12-6-5-10(8-13(12)19-4-2)7-11(9-15)14(16)17/h5-8H,3-4H2,1-2H3,(H2,16,17)/b11-7-. The molecule has 19 heavy (non-hydrogen) atoms. The fourth-order valence-corrected chi connectivity index (χ4v) is 1.48. The smallest absolute Gasteiger partial charge is 0.259 e. The van der Waals surface area contributed by atoms with Crippen LogP contribution in [0.25, 0.3) is 6.08 Å². The summed E-state index contributed by atoms with van der Waals surface area (Å²) in [5.41, 5.74) is 5.63. The number of nitriles is 1. The summed E-state index contributed by atoms with van der Waals surface area (Å²) in [4.78, 5) is 11.0. The van der Waals surface area contributed by atoms with Crippen molar-refractivity contribution >= 4 is 12.0 Å². The zero-order chi connectivity index (χ0) is 14.3. The van der Waals surface area contributed by atoms with Gasteiger partial charge in [-0.2, -0.15) is 5.26 Å². The third-order valence-electron chi connectivity index (χ3n) is 2.26. The second-order valence-electron chi connectivity index (χ2n) is 3.61. The number of primary amides is 1. The molecule has 1 aromatic rings. The molecule has 0 heterocycles. The Labute approximate surface area is 112 Å². The minimum atomic E-state index is -0.755. The van der Waals surface area contributed by atoms with E-state index in [9.17, 15) is 4.79 Å².